The van der Waals surface area contributed by atoms with Crippen LogP contribution >= 0.6 is 0 Å². The Morgan fingerprint density at radius 2 is 2.43 bits per heavy atom. The van der Waals surface area contributed by atoms with Crippen molar-refractivity contribution in [2.24, 2.45) is 0 Å². The van der Waals surface area contributed by atoms with E-state index in [0.717, 1.165) is 0 Å². The van der Waals surface area contributed by atoms with E-state index in [4.69, 9.17) is 5.11 Å². The number of aliphatic carboxylic acids is 1. The predicted molar refractivity (Wildman–Crippen MR) is 27.4 cm³/mol. The maximum atomic E-state index is 9.70. The maximum Gasteiger partial charge on any atom is 2.00 e. The summed E-state index contributed by atoms with van der Waals surface area (Å²) >= 11 is 0. The van der Waals surface area contributed by atoms with Crippen molar-refractivity contribution < 1.29 is 12.8 Å². The molecule has 1 rings (SSSR count). The predicted octanol–water partition coefficient (Wildman–Crippen LogP) is -1.11. The summed E-state index contributed by atoms with van der Waals surface area (Å²) in [4.78, 5) is 9.70. The summed E-state index contributed by atoms with van der Waals surface area (Å²) in [5, 5.41) is 10.6. The van der Waals surface area contributed by atoms with Gasteiger partial charge in [-0.3, -0.25) is 4.79 Å². The van der Waals surface area contributed by atoms with Crippen molar-refractivity contribution in [1.29, 1.82) is 0 Å². The summed E-state index contributed by atoms with van der Waals surface area (Å²) in [6.45, 7) is 0.648. The molecule has 1 saturated heterocycles. The number of carbonyl (C=O) groups is 1. The Morgan fingerprint density at radius 3 is 2.43 bits per heavy atom. The van der Waals surface area contributed by atoms with Gasteiger partial charge in [-0.15, -0.1) is 0 Å². The molecule has 7 heavy (non-hydrogen) atoms. The molecule has 0 radical (unpaired) electrons. The van der Waals surface area contributed by atoms with Crippen LogP contribution in [0.25, 0.3) is 0 Å². The van der Waals surface area contributed by atoms with Gasteiger partial charge in [-0.2, -0.15) is 0 Å². The van der Waals surface area contributed by atoms with Crippen molar-refractivity contribution in [3.8, 4) is 0 Å². The van der Waals surface area contributed by atoms with Crippen LogP contribution in [0.2, 0.25) is 0 Å². The SMILES string of the molecule is O=C(O)C1CN1.[Ba+2].[H-].[H-]. The number of hydrogen-bond acceptors (Lipinski definition) is 2. The first kappa shape index (κ1) is 8.00. The Hall–Kier alpha value is 1.00. The Kier molecular flexibility index (Phi) is 3.56. The van der Waals surface area contributed by atoms with Gasteiger partial charge in [0.1, 0.15) is 6.04 Å². The average Bonchev–Trinajstić information content (AvgIpc) is 2.06. The van der Waals surface area contributed by atoms with Crippen molar-refractivity contribution in [3.63, 3.8) is 0 Å². The van der Waals surface area contributed by atoms with E-state index in [9.17, 15) is 4.79 Å². The van der Waals surface area contributed by atoms with Crippen LogP contribution < -0.4 is 5.32 Å². The van der Waals surface area contributed by atoms with Gasteiger partial charge < -0.3 is 13.3 Å². The number of carboxylic acids is 1. The van der Waals surface area contributed by atoms with Crippen LogP contribution in [0.3, 0.4) is 0 Å². The first-order valence-electron chi connectivity index (χ1n) is 1.77. The monoisotopic (exact) mass is 227 g/mol. The molecule has 0 aromatic carbocycles. The molecular weight excluding hydrogens is 219 g/mol. The van der Waals surface area contributed by atoms with E-state index in [2.05, 4.69) is 5.32 Å². The smallest absolute Gasteiger partial charge is 1.00 e. The molecule has 0 saturated carbocycles. The zero-order chi connectivity index (χ0) is 4.57. The molecule has 0 aromatic rings. The molecule has 1 fully saturated rings. The van der Waals surface area contributed by atoms with E-state index >= 15 is 0 Å². The minimum Gasteiger partial charge on any atom is -1.00 e. The number of carboxylic acid groups (broad SMARTS) is 1. The van der Waals surface area contributed by atoms with Crippen LogP contribution in [0.5, 0.6) is 0 Å². The number of rotatable bonds is 1. The summed E-state index contributed by atoms with van der Waals surface area (Å²) in [6.07, 6.45) is 0. The Balaban J connectivity index is -0.000000120. The summed E-state index contributed by atoms with van der Waals surface area (Å²) in [5.74, 6) is -0.741. The second kappa shape index (κ2) is 3.11. The van der Waals surface area contributed by atoms with Gasteiger partial charge in [0.05, 0.1) is 0 Å². The Morgan fingerprint density at radius 1 is 2.00 bits per heavy atom. The van der Waals surface area contributed by atoms with E-state index in [1.54, 1.807) is 0 Å². The van der Waals surface area contributed by atoms with Crippen molar-refractivity contribution in [3.05, 3.63) is 0 Å². The van der Waals surface area contributed by atoms with Crippen molar-refractivity contribution >= 4 is 54.9 Å². The van der Waals surface area contributed by atoms with Crippen LogP contribution in [-0.2, 0) is 4.79 Å². The van der Waals surface area contributed by atoms with Gasteiger partial charge in [-0.05, 0) is 0 Å². The Bertz CT molecular complexity index is 87.9. The fourth-order valence-corrected chi connectivity index (χ4v) is 0.234. The quantitative estimate of drug-likeness (QED) is 0.440. The van der Waals surface area contributed by atoms with Gasteiger partial charge in [0, 0.05) is 6.54 Å². The van der Waals surface area contributed by atoms with Crippen LogP contribution in [0.1, 0.15) is 2.85 Å². The molecule has 1 heterocycles. The molecule has 38 valence electrons. The van der Waals surface area contributed by atoms with Crippen molar-refractivity contribution in [2.75, 3.05) is 6.54 Å². The molecule has 1 aliphatic heterocycles. The van der Waals surface area contributed by atoms with Crippen LogP contribution in [0.4, 0.5) is 0 Å². The van der Waals surface area contributed by atoms with Gasteiger partial charge in [0.2, 0.25) is 0 Å². The zero-order valence-corrected chi connectivity index (χ0v) is 8.29. The fraction of sp³-hybridized carbons (Fsp3) is 0.667. The first-order chi connectivity index (χ1) is 2.80. The van der Waals surface area contributed by atoms with E-state index in [1.165, 1.54) is 0 Å². The van der Waals surface area contributed by atoms with Gasteiger partial charge in [-0.25, -0.2) is 0 Å². The van der Waals surface area contributed by atoms with E-state index in [1.807, 2.05) is 0 Å². The molecule has 1 unspecified atom stereocenters. The van der Waals surface area contributed by atoms with E-state index < -0.39 is 5.97 Å². The third-order valence-corrected chi connectivity index (χ3v) is 0.706. The minimum atomic E-state index is -0.741. The van der Waals surface area contributed by atoms with Crippen LogP contribution in [-0.4, -0.2) is 72.5 Å². The van der Waals surface area contributed by atoms with Crippen LogP contribution in [0, 0.1) is 0 Å². The van der Waals surface area contributed by atoms with E-state index in [-0.39, 0.29) is 57.8 Å². The second-order valence-electron chi connectivity index (χ2n) is 1.30. The number of nitrogens with one attached hydrogen (secondary N) is 1. The van der Waals surface area contributed by atoms with Gasteiger partial charge in [-0.1, -0.05) is 0 Å². The normalized spacial score (nSPS) is 25.4. The summed E-state index contributed by atoms with van der Waals surface area (Å²) in [6, 6.07) is -0.231. The molecule has 0 amide bonds. The zero-order valence-electron chi connectivity index (χ0n) is 5.85. The largest absolute Gasteiger partial charge is 2.00 e. The molecule has 0 spiro atoms. The van der Waals surface area contributed by atoms with E-state index in [0.29, 0.717) is 6.54 Å². The average molecular weight is 226 g/mol. The molecule has 0 aromatic heterocycles. The first-order valence-corrected chi connectivity index (χ1v) is 1.77. The van der Waals surface area contributed by atoms with Crippen molar-refractivity contribution in [1.82, 2.24) is 5.32 Å². The van der Waals surface area contributed by atoms with Crippen molar-refractivity contribution in [2.45, 2.75) is 6.04 Å². The molecule has 0 bridgehead atoms. The molecule has 1 atom stereocenters. The van der Waals surface area contributed by atoms with Gasteiger partial charge in [0.15, 0.2) is 0 Å². The summed E-state index contributed by atoms with van der Waals surface area (Å²) in [7, 11) is 0. The van der Waals surface area contributed by atoms with Crippen LogP contribution in [0.15, 0.2) is 0 Å². The van der Waals surface area contributed by atoms with Gasteiger partial charge in [0.25, 0.3) is 0 Å². The third kappa shape index (κ3) is 2.74. The Labute approximate surface area is 84.5 Å². The maximum absolute atomic E-state index is 9.70. The van der Waals surface area contributed by atoms with Gasteiger partial charge >= 0.3 is 54.9 Å². The second-order valence-corrected chi connectivity index (χ2v) is 1.30. The molecular formula is C3H7BaNO2. The molecule has 4 heteroatoms. The standard InChI is InChI=1S/C3H5NO2.Ba.2H/c5-3(6)2-1-4-2;;;/h2,4H,1H2,(H,5,6);;;/q;+2;2*-1. The topological polar surface area (TPSA) is 59.2 Å². The molecule has 3 nitrogen and oxygen atoms in total. The molecule has 1 aliphatic rings. The molecule has 2 N–H and O–H groups in total. The number of hydrogen-bond donors (Lipinski definition) is 2. The third-order valence-electron chi connectivity index (χ3n) is 0.706. The summed E-state index contributed by atoms with van der Waals surface area (Å²) in [5.41, 5.74) is 0. The molecule has 0 aliphatic carbocycles. The fourth-order valence-electron chi connectivity index (χ4n) is 0.234. The minimum absolute atomic E-state index is 0. The summed E-state index contributed by atoms with van der Waals surface area (Å²) < 4.78 is 0.